The van der Waals surface area contributed by atoms with Crippen LogP contribution in [0.3, 0.4) is 0 Å². The van der Waals surface area contributed by atoms with Crippen LogP contribution in [-0.2, 0) is 6.42 Å². The van der Waals surface area contributed by atoms with Gasteiger partial charge in [0.25, 0.3) is 5.91 Å². The molecule has 1 amide bonds. The Hall–Kier alpha value is -2.98. The van der Waals surface area contributed by atoms with Gasteiger partial charge in [-0.05, 0) is 42.0 Å². The van der Waals surface area contributed by atoms with Crippen LogP contribution in [0.15, 0.2) is 91.0 Å². The highest BCUT2D eigenvalue weighted by molar-refractivity contribution is 7.80. The van der Waals surface area contributed by atoms with Gasteiger partial charge in [-0.25, -0.2) is 0 Å². The minimum absolute atomic E-state index is 0.175. The number of thiocarbonyl (C=S) groups is 1. The monoisotopic (exact) mass is 361 g/mol. The highest BCUT2D eigenvalue weighted by atomic mass is 32.1. The van der Waals surface area contributed by atoms with Gasteiger partial charge >= 0.3 is 0 Å². The fourth-order valence-corrected chi connectivity index (χ4v) is 2.79. The molecule has 0 aliphatic carbocycles. The molecule has 0 saturated carbocycles. The maximum Gasteiger partial charge on any atom is 0.251 e. The van der Waals surface area contributed by atoms with Gasteiger partial charge in [0.05, 0.1) is 0 Å². The van der Waals surface area contributed by atoms with Gasteiger partial charge in [-0.3, -0.25) is 4.79 Å². The quantitative estimate of drug-likeness (QED) is 0.660. The molecule has 26 heavy (non-hydrogen) atoms. The molecule has 4 heteroatoms. The van der Waals surface area contributed by atoms with Gasteiger partial charge in [0.1, 0.15) is 11.8 Å². The standard InChI is InChI=1S/C22H19NO2S/c24-21(18-12-6-2-7-13-18)23-20(16-17-10-4-1-5-11-17)22(26)25-19-14-8-3-9-15-19/h1-15,20H,16H2,(H,23,24)/t20-/m0/s1. The third-order valence-corrected chi connectivity index (χ3v) is 4.24. The van der Waals surface area contributed by atoms with E-state index in [2.05, 4.69) is 5.32 Å². The van der Waals surface area contributed by atoms with Crippen LogP contribution in [0.5, 0.6) is 5.75 Å². The zero-order valence-corrected chi connectivity index (χ0v) is 15.0. The van der Waals surface area contributed by atoms with E-state index < -0.39 is 6.04 Å². The van der Waals surface area contributed by atoms with Crippen molar-refractivity contribution in [1.82, 2.24) is 5.32 Å². The molecule has 3 rings (SSSR count). The number of hydrogen-bond acceptors (Lipinski definition) is 3. The summed E-state index contributed by atoms with van der Waals surface area (Å²) in [5, 5.41) is 3.33. The molecule has 3 aromatic rings. The molecule has 0 fully saturated rings. The fraction of sp³-hybridized carbons (Fsp3) is 0.0909. The molecule has 0 bridgehead atoms. The summed E-state index contributed by atoms with van der Waals surface area (Å²) in [6.45, 7) is 0. The maximum absolute atomic E-state index is 12.6. The van der Waals surface area contributed by atoms with Gasteiger partial charge in [0.15, 0.2) is 5.05 Å². The number of carbonyl (C=O) groups is 1. The van der Waals surface area contributed by atoms with Crippen molar-refractivity contribution >= 4 is 23.2 Å². The van der Waals surface area contributed by atoms with E-state index in [1.165, 1.54) is 0 Å². The zero-order chi connectivity index (χ0) is 18.2. The summed E-state index contributed by atoms with van der Waals surface area (Å²) in [7, 11) is 0. The Morgan fingerprint density at radius 3 is 2.00 bits per heavy atom. The summed E-state index contributed by atoms with van der Waals surface area (Å²) in [5.74, 6) is 0.482. The molecule has 0 aromatic heterocycles. The van der Waals surface area contributed by atoms with Crippen molar-refractivity contribution < 1.29 is 9.53 Å². The first-order chi connectivity index (χ1) is 12.7. The first-order valence-corrected chi connectivity index (χ1v) is 8.80. The number of rotatable bonds is 6. The summed E-state index contributed by atoms with van der Waals surface area (Å²) in [5.41, 5.74) is 1.66. The minimum Gasteiger partial charge on any atom is -0.448 e. The van der Waals surface area contributed by atoms with Crippen LogP contribution in [0.1, 0.15) is 15.9 Å². The number of amides is 1. The normalized spacial score (nSPS) is 11.4. The highest BCUT2D eigenvalue weighted by Crippen LogP contribution is 2.13. The molecular weight excluding hydrogens is 342 g/mol. The second-order valence-electron chi connectivity index (χ2n) is 5.82. The van der Waals surface area contributed by atoms with E-state index in [1.807, 2.05) is 78.9 Å². The third kappa shape index (κ3) is 5.01. The van der Waals surface area contributed by atoms with Gasteiger partial charge < -0.3 is 10.1 Å². The smallest absolute Gasteiger partial charge is 0.251 e. The lowest BCUT2D eigenvalue weighted by atomic mass is 10.1. The van der Waals surface area contributed by atoms with E-state index in [1.54, 1.807) is 12.1 Å². The summed E-state index contributed by atoms with van der Waals surface area (Å²) in [4.78, 5) is 12.6. The molecule has 0 aliphatic rings. The summed E-state index contributed by atoms with van der Waals surface area (Å²) in [6, 6.07) is 27.9. The Bertz CT molecular complexity index is 851. The van der Waals surface area contributed by atoms with E-state index in [0.717, 1.165) is 5.56 Å². The number of carbonyl (C=O) groups excluding carboxylic acids is 1. The second kappa shape index (κ2) is 8.92. The van der Waals surface area contributed by atoms with Crippen LogP contribution >= 0.6 is 12.2 Å². The van der Waals surface area contributed by atoms with E-state index in [9.17, 15) is 4.79 Å². The van der Waals surface area contributed by atoms with Crippen LogP contribution in [0.4, 0.5) is 0 Å². The Kier molecular flexibility index (Phi) is 6.12. The average molecular weight is 361 g/mol. The van der Waals surface area contributed by atoms with Crippen molar-refractivity contribution in [3.05, 3.63) is 102 Å². The van der Waals surface area contributed by atoms with Crippen LogP contribution in [0.2, 0.25) is 0 Å². The summed E-state index contributed by atoms with van der Waals surface area (Å²) in [6.07, 6.45) is 0.561. The van der Waals surface area contributed by atoms with E-state index in [-0.39, 0.29) is 5.91 Å². The fourth-order valence-electron chi connectivity index (χ4n) is 2.55. The molecule has 3 aromatic carbocycles. The molecule has 0 aliphatic heterocycles. The van der Waals surface area contributed by atoms with Gasteiger partial charge in [0.2, 0.25) is 0 Å². The molecule has 3 nitrogen and oxygen atoms in total. The minimum atomic E-state index is -0.416. The van der Waals surface area contributed by atoms with Crippen LogP contribution in [0, 0.1) is 0 Å². The Labute approximate surface area is 158 Å². The van der Waals surface area contributed by atoms with Crippen molar-refractivity contribution in [1.29, 1.82) is 0 Å². The number of benzene rings is 3. The lowest BCUT2D eigenvalue weighted by Gasteiger charge is -2.20. The summed E-state index contributed by atoms with van der Waals surface area (Å²) >= 11 is 5.49. The third-order valence-electron chi connectivity index (χ3n) is 3.87. The predicted octanol–water partition coefficient (Wildman–Crippen LogP) is 4.43. The topological polar surface area (TPSA) is 38.3 Å². The molecule has 0 radical (unpaired) electrons. The van der Waals surface area contributed by atoms with E-state index in [4.69, 9.17) is 17.0 Å². The molecular formula is C22H19NO2S. The van der Waals surface area contributed by atoms with Crippen molar-refractivity contribution in [3.8, 4) is 5.75 Å². The van der Waals surface area contributed by atoms with Gasteiger partial charge in [0, 0.05) is 12.0 Å². The molecule has 130 valence electrons. The Morgan fingerprint density at radius 2 is 1.38 bits per heavy atom. The summed E-state index contributed by atoms with van der Waals surface area (Å²) < 4.78 is 5.80. The average Bonchev–Trinajstić information content (AvgIpc) is 2.69. The Balaban J connectivity index is 1.76. The lowest BCUT2D eigenvalue weighted by molar-refractivity contribution is 0.0945. The number of nitrogens with one attached hydrogen (secondary N) is 1. The van der Waals surface area contributed by atoms with Crippen LogP contribution < -0.4 is 10.1 Å². The van der Waals surface area contributed by atoms with Gasteiger partial charge in [-0.1, -0.05) is 66.7 Å². The predicted molar refractivity (Wildman–Crippen MR) is 108 cm³/mol. The van der Waals surface area contributed by atoms with Gasteiger partial charge in [-0.2, -0.15) is 0 Å². The molecule has 0 unspecified atom stereocenters. The molecule has 0 saturated heterocycles. The van der Waals surface area contributed by atoms with E-state index >= 15 is 0 Å². The first-order valence-electron chi connectivity index (χ1n) is 8.39. The molecule has 1 N–H and O–H groups in total. The second-order valence-corrected chi connectivity index (χ2v) is 6.22. The van der Waals surface area contributed by atoms with Crippen LogP contribution in [0.25, 0.3) is 0 Å². The zero-order valence-electron chi connectivity index (χ0n) is 14.2. The molecule has 0 spiro atoms. The lowest BCUT2D eigenvalue weighted by Crippen LogP contribution is -2.43. The van der Waals surface area contributed by atoms with Crippen molar-refractivity contribution in [2.24, 2.45) is 0 Å². The van der Waals surface area contributed by atoms with E-state index in [0.29, 0.717) is 22.8 Å². The van der Waals surface area contributed by atoms with Crippen LogP contribution in [-0.4, -0.2) is 17.0 Å². The highest BCUT2D eigenvalue weighted by Gasteiger charge is 2.20. The first kappa shape index (κ1) is 17.8. The number of para-hydroxylation sites is 1. The number of ether oxygens (including phenoxy) is 1. The van der Waals surface area contributed by atoms with Gasteiger partial charge in [-0.15, -0.1) is 0 Å². The van der Waals surface area contributed by atoms with Crippen molar-refractivity contribution in [2.75, 3.05) is 0 Å². The molecule has 0 heterocycles. The SMILES string of the molecule is O=C(N[C@@H](Cc1ccccc1)C(=S)Oc1ccccc1)c1ccccc1. The Morgan fingerprint density at radius 1 is 0.846 bits per heavy atom. The largest absolute Gasteiger partial charge is 0.448 e. The van der Waals surface area contributed by atoms with Crippen molar-refractivity contribution in [3.63, 3.8) is 0 Å². The van der Waals surface area contributed by atoms with Crippen molar-refractivity contribution in [2.45, 2.75) is 12.5 Å². The number of hydrogen-bond donors (Lipinski definition) is 1. The maximum atomic E-state index is 12.6. The molecule has 1 atom stereocenters.